The first-order valence-corrected chi connectivity index (χ1v) is 9.16. The number of allylic oxidation sites excluding steroid dienone is 1. The van der Waals surface area contributed by atoms with Gasteiger partial charge in [-0.15, -0.1) is 0 Å². The molecule has 0 amide bonds. The lowest BCUT2D eigenvalue weighted by molar-refractivity contribution is -0.529. The maximum absolute atomic E-state index is 12.6. The molecule has 0 radical (unpaired) electrons. The van der Waals surface area contributed by atoms with Crippen molar-refractivity contribution in [2.75, 3.05) is 20.2 Å². The summed E-state index contributed by atoms with van der Waals surface area (Å²) < 4.78 is 7.59. The molecule has 2 aliphatic rings. The lowest BCUT2D eigenvalue weighted by atomic mass is 9.88. The summed E-state index contributed by atoms with van der Waals surface area (Å²) in [6.07, 6.45) is 7.40. The summed E-state index contributed by atoms with van der Waals surface area (Å²) in [5, 5.41) is 1.23. The van der Waals surface area contributed by atoms with Gasteiger partial charge in [0, 0.05) is 34.5 Å². The van der Waals surface area contributed by atoms with Crippen molar-refractivity contribution in [2.45, 2.75) is 32.1 Å². The number of para-hydroxylation sites is 1. The number of nitrogens with one attached hydrogen (secondary N) is 1. The molecule has 2 bridgehead atoms. The van der Waals surface area contributed by atoms with E-state index < -0.39 is 0 Å². The minimum absolute atomic E-state index is 0.137. The summed E-state index contributed by atoms with van der Waals surface area (Å²) in [6, 6.07) is 8.34. The van der Waals surface area contributed by atoms with Crippen LogP contribution in [0.3, 0.4) is 0 Å². The molecule has 0 fully saturated rings. The topological polar surface area (TPSA) is 45.1 Å². The van der Waals surface area contributed by atoms with Crippen molar-refractivity contribution >= 4 is 23.1 Å². The lowest BCUT2D eigenvalue weighted by Crippen LogP contribution is -2.28. The van der Waals surface area contributed by atoms with Crippen LogP contribution in [0.25, 0.3) is 10.9 Å². The van der Waals surface area contributed by atoms with Crippen LogP contribution >= 0.6 is 0 Å². The number of carbonyl (C=O) groups excluding carboxylic acids is 1. The predicted molar refractivity (Wildman–Crippen MR) is 99.3 cm³/mol. The van der Waals surface area contributed by atoms with E-state index in [1.807, 2.05) is 6.07 Å². The van der Waals surface area contributed by atoms with Crippen molar-refractivity contribution in [1.82, 2.24) is 4.98 Å². The Morgan fingerprint density at radius 3 is 3.00 bits per heavy atom. The number of benzene rings is 1. The fourth-order valence-corrected chi connectivity index (χ4v) is 4.31. The van der Waals surface area contributed by atoms with Gasteiger partial charge in [0.05, 0.1) is 13.0 Å². The smallest absolute Gasteiger partial charge is 0.314 e. The van der Waals surface area contributed by atoms with Gasteiger partial charge in [-0.3, -0.25) is 4.79 Å². The van der Waals surface area contributed by atoms with Crippen molar-refractivity contribution < 1.29 is 14.1 Å². The van der Waals surface area contributed by atoms with E-state index in [0.29, 0.717) is 5.92 Å². The number of H-pyrrole nitrogens is 1. The van der Waals surface area contributed by atoms with E-state index in [1.54, 1.807) is 0 Å². The Kier molecular flexibility index (Phi) is 4.20. The SMILES string of the molecule is CCC1=C[C@@H]2C[C@@H](C(=O)OC)c3[nH]c4ccccc4c3CC[N+](=C1)C2. The van der Waals surface area contributed by atoms with Gasteiger partial charge >= 0.3 is 5.97 Å². The van der Waals surface area contributed by atoms with E-state index in [0.717, 1.165) is 43.6 Å². The van der Waals surface area contributed by atoms with Crippen molar-refractivity contribution in [2.24, 2.45) is 5.92 Å². The third kappa shape index (κ3) is 2.90. The van der Waals surface area contributed by atoms with Gasteiger partial charge in [-0.25, -0.2) is 4.58 Å². The molecular weight excluding hydrogens is 312 g/mol. The molecule has 2 aliphatic heterocycles. The number of aromatic nitrogens is 1. The second-order valence-electron chi connectivity index (χ2n) is 7.10. The van der Waals surface area contributed by atoms with Crippen LogP contribution in [0.4, 0.5) is 0 Å². The van der Waals surface area contributed by atoms with Crippen LogP contribution in [0.5, 0.6) is 0 Å². The molecule has 0 saturated carbocycles. The molecule has 4 heteroatoms. The van der Waals surface area contributed by atoms with E-state index in [-0.39, 0.29) is 11.9 Å². The lowest BCUT2D eigenvalue weighted by Gasteiger charge is -2.20. The Balaban J connectivity index is 1.85. The van der Waals surface area contributed by atoms with Crippen molar-refractivity contribution in [3.05, 3.63) is 47.2 Å². The zero-order chi connectivity index (χ0) is 17.4. The number of carbonyl (C=O) groups is 1. The number of fused-ring (bicyclic) bond motifs is 5. The Hall–Kier alpha value is -2.36. The first-order chi connectivity index (χ1) is 12.2. The van der Waals surface area contributed by atoms with E-state index in [1.165, 1.54) is 23.6 Å². The number of methoxy groups -OCH3 is 1. The number of hydrogen-bond acceptors (Lipinski definition) is 2. The molecule has 3 heterocycles. The Labute approximate surface area is 148 Å². The minimum Gasteiger partial charge on any atom is -0.469 e. The quantitative estimate of drug-likeness (QED) is 0.674. The molecule has 4 rings (SSSR count). The van der Waals surface area contributed by atoms with Gasteiger partial charge in [-0.05, 0) is 24.5 Å². The van der Waals surface area contributed by atoms with Crippen molar-refractivity contribution in [1.29, 1.82) is 0 Å². The Morgan fingerprint density at radius 1 is 1.36 bits per heavy atom. The first kappa shape index (κ1) is 16.1. The zero-order valence-corrected chi connectivity index (χ0v) is 14.9. The van der Waals surface area contributed by atoms with E-state index in [2.05, 4.69) is 47.0 Å². The number of ether oxygens (including phenoxy) is 1. The summed E-state index contributed by atoms with van der Waals surface area (Å²) in [5.74, 6) is 0.00785. The van der Waals surface area contributed by atoms with Gasteiger partial charge in [0.15, 0.2) is 6.21 Å². The number of rotatable bonds is 2. The summed E-state index contributed by atoms with van der Waals surface area (Å²) >= 11 is 0. The molecule has 0 aliphatic carbocycles. The Morgan fingerprint density at radius 2 is 2.20 bits per heavy atom. The molecule has 0 saturated heterocycles. The average Bonchev–Trinajstić information content (AvgIpc) is 3.02. The molecular formula is C21H25N2O2+. The molecule has 1 aromatic carbocycles. The summed E-state index contributed by atoms with van der Waals surface area (Å²) in [5.41, 5.74) is 4.80. The summed E-state index contributed by atoms with van der Waals surface area (Å²) in [6.45, 7) is 4.16. The van der Waals surface area contributed by atoms with Crippen LogP contribution in [0.2, 0.25) is 0 Å². The minimum atomic E-state index is -0.232. The van der Waals surface area contributed by atoms with Gasteiger partial charge in [0.1, 0.15) is 13.1 Å². The number of nitrogens with zero attached hydrogens (tertiary/aromatic N) is 1. The molecule has 1 aromatic heterocycles. The largest absolute Gasteiger partial charge is 0.469 e. The van der Waals surface area contributed by atoms with Gasteiger partial charge < -0.3 is 9.72 Å². The van der Waals surface area contributed by atoms with E-state index in [4.69, 9.17) is 4.74 Å². The zero-order valence-electron chi connectivity index (χ0n) is 14.9. The fraction of sp³-hybridized carbons (Fsp3) is 0.429. The van der Waals surface area contributed by atoms with Crippen LogP contribution in [-0.4, -0.2) is 41.9 Å². The molecule has 0 spiro atoms. The molecule has 2 aromatic rings. The molecule has 1 N–H and O–H groups in total. The van der Waals surface area contributed by atoms with Crippen molar-refractivity contribution in [3.63, 3.8) is 0 Å². The number of aromatic amines is 1. The maximum Gasteiger partial charge on any atom is 0.314 e. The Bertz CT molecular complexity index is 875. The summed E-state index contributed by atoms with van der Waals surface area (Å²) in [4.78, 5) is 16.1. The normalized spacial score (nSPS) is 23.0. The molecule has 130 valence electrons. The van der Waals surface area contributed by atoms with Gasteiger partial charge in [-0.2, -0.15) is 0 Å². The fourth-order valence-electron chi connectivity index (χ4n) is 4.31. The second kappa shape index (κ2) is 6.51. The van der Waals surface area contributed by atoms with E-state index in [9.17, 15) is 4.79 Å². The monoisotopic (exact) mass is 337 g/mol. The highest BCUT2D eigenvalue weighted by Gasteiger charge is 2.34. The molecule has 4 nitrogen and oxygen atoms in total. The maximum atomic E-state index is 12.6. The van der Waals surface area contributed by atoms with Gasteiger partial charge in [0.25, 0.3) is 0 Å². The van der Waals surface area contributed by atoms with Gasteiger partial charge in [-0.1, -0.05) is 31.2 Å². The van der Waals surface area contributed by atoms with E-state index >= 15 is 0 Å². The van der Waals surface area contributed by atoms with Crippen LogP contribution in [0.15, 0.2) is 35.9 Å². The molecule has 25 heavy (non-hydrogen) atoms. The second-order valence-corrected chi connectivity index (χ2v) is 7.10. The third-order valence-electron chi connectivity index (χ3n) is 5.54. The predicted octanol–water partition coefficient (Wildman–Crippen LogP) is 3.42. The highest BCUT2D eigenvalue weighted by Crippen LogP contribution is 2.35. The highest BCUT2D eigenvalue weighted by atomic mass is 16.5. The molecule has 2 atom stereocenters. The number of esters is 1. The third-order valence-corrected chi connectivity index (χ3v) is 5.54. The van der Waals surface area contributed by atoms with Crippen LogP contribution in [0.1, 0.15) is 36.9 Å². The van der Waals surface area contributed by atoms with Gasteiger partial charge in [0.2, 0.25) is 0 Å². The molecule has 0 unspecified atom stereocenters. The van der Waals surface area contributed by atoms with Crippen LogP contribution < -0.4 is 0 Å². The first-order valence-electron chi connectivity index (χ1n) is 9.16. The summed E-state index contributed by atoms with van der Waals surface area (Å²) in [7, 11) is 1.49. The standard InChI is InChI=1S/C21H25N2O2/c1-3-14-10-15-11-18(21(24)25-2)20-17(8-9-23(12-14)13-15)16-6-4-5-7-19(16)22-20/h4-7,10,12,15,18,22H,3,8-9,11,13H2,1-2H3/q+1/t15-,18-/m1/s1. The highest BCUT2D eigenvalue weighted by molar-refractivity contribution is 5.88. The van der Waals surface area contributed by atoms with Crippen molar-refractivity contribution in [3.8, 4) is 0 Å². The average molecular weight is 337 g/mol. The number of hydrogen-bond donors (Lipinski definition) is 1. The van der Waals surface area contributed by atoms with Crippen LogP contribution in [0, 0.1) is 5.92 Å². The van der Waals surface area contributed by atoms with Crippen LogP contribution in [-0.2, 0) is 16.0 Å².